The molecule has 0 aliphatic rings. The summed E-state index contributed by atoms with van der Waals surface area (Å²) >= 11 is 2.55. The van der Waals surface area contributed by atoms with E-state index in [1.807, 2.05) is 25.3 Å². The van der Waals surface area contributed by atoms with Gasteiger partial charge in [0.1, 0.15) is 5.82 Å². The first-order valence-electron chi connectivity index (χ1n) is 8.33. The quantitative estimate of drug-likeness (QED) is 0.501. The molecular weight excluding hydrogens is 399 g/mol. The summed E-state index contributed by atoms with van der Waals surface area (Å²) in [5, 5.41) is 9.92. The van der Waals surface area contributed by atoms with Crippen LogP contribution in [0.15, 0.2) is 40.9 Å². The van der Waals surface area contributed by atoms with Crippen LogP contribution in [-0.2, 0) is 4.79 Å². The molecule has 3 heterocycles. The number of thiazole rings is 1. The summed E-state index contributed by atoms with van der Waals surface area (Å²) in [6, 6.07) is 7.98. The maximum Gasteiger partial charge on any atom is 0.253 e. The van der Waals surface area contributed by atoms with Crippen LogP contribution >= 0.6 is 23.1 Å². The molecule has 0 aliphatic heterocycles. The highest BCUT2D eigenvalue weighted by Gasteiger charge is 2.12. The molecule has 1 amide bonds. The average molecular weight is 414 g/mol. The van der Waals surface area contributed by atoms with Crippen LogP contribution in [0.1, 0.15) is 11.4 Å². The third-order valence-corrected chi connectivity index (χ3v) is 5.42. The predicted molar refractivity (Wildman–Crippen MR) is 107 cm³/mol. The summed E-state index contributed by atoms with van der Waals surface area (Å²) in [7, 11) is 0. The molecule has 1 aromatic carbocycles. The van der Waals surface area contributed by atoms with E-state index in [9.17, 15) is 9.18 Å². The monoisotopic (exact) mass is 414 g/mol. The number of carbonyl (C=O) groups excluding carboxylic acids is 1. The Bertz CT molecular complexity index is 1150. The lowest BCUT2D eigenvalue weighted by Crippen LogP contribution is -2.13. The largest absolute Gasteiger partial charge is 0.301 e. The molecule has 0 radical (unpaired) electrons. The minimum atomic E-state index is -0.300. The minimum absolute atomic E-state index is 0.153. The lowest BCUT2D eigenvalue weighted by Gasteiger charge is -1.99. The van der Waals surface area contributed by atoms with Crippen LogP contribution < -0.4 is 5.32 Å². The van der Waals surface area contributed by atoms with Crippen molar-refractivity contribution in [1.29, 1.82) is 0 Å². The van der Waals surface area contributed by atoms with Gasteiger partial charge in [0, 0.05) is 22.3 Å². The van der Waals surface area contributed by atoms with Gasteiger partial charge >= 0.3 is 0 Å². The predicted octanol–water partition coefficient (Wildman–Crippen LogP) is 3.73. The maximum absolute atomic E-state index is 13.0. The number of nitrogens with one attached hydrogen (secondary N) is 1. The number of rotatable bonds is 5. The van der Waals surface area contributed by atoms with Crippen molar-refractivity contribution in [3.05, 3.63) is 52.9 Å². The van der Waals surface area contributed by atoms with E-state index in [4.69, 9.17) is 0 Å². The first-order valence-corrected chi connectivity index (χ1v) is 10.2. The SMILES string of the molecule is Cc1cc(C)n2nc(SCC(=O)Nc3nc(-c4ccc(F)cc4)cs3)nc2n1. The Kier molecular flexibility index (Phi) is 5.05. The fourth-order valence-corrected chi connectivity index (χ4v) is 3.93. The molecule has 3 aromatic heterocycles. The van der Waals surface area contributed by atoms with Crippen molar-refractivity contribution >= 4 is 39.9 Å². The number of amides is 1. The molecule has 4 rings (SSSR count). The Hall–Kier alpha value is -2.85. The van der Waals surface area contributed by atoms with Crippen LogP contribution in [0.3, 0.4) is 0 Å². The first-order chi connectivity index (χ1) is 13.5. The summed E-state index contributed by atoms with van der Waals surface area (Å²) in [4.78, 5) is 25.3. The van der Waals surface area contributed by atoms with Crippen LogP contribution in [0.2, 0.25) is 0 Å². The number of carbonyl (C=O) groups is 1. The number of aromatic nitrogens is 5. The average Bonchev–Trinajstić information content (AvgIpc) is 3.27. The highest BCUT2D eigenvalue weighted by Crippen LogP contribution is 2.25. The topological polar surface area (TPSA) is 85.1 Å². The Labute approximate surface area is 168 Å². The minimum Gasteiger partial charge on any atom is -0.301 e. The molecule has 4 aromatic rings. The van der Waals surface area contributed by atoms with Crippen molar-refractivity contribution in [2.24, 2.45) is 0 Å². The number of nitrogens with zero attached hydrogens (tertiary/aromatic N) is 5. The van der Waals surface area contributed by atoms with Crippen LogP contribution in [0.25, 0.3) is 17.0 Å². The fourth-order valence-electron chi connectivity index (χ4n) is 2.58. The molecule has 0 unspecified atom stereocenters. The molecule has 142 valence electrons. The second-order valence-electron chi connectivity index (χ2n) is 6.03. The fraction of sp³-hybridized carbons (Fsp3) is 0.167. The zero-order valence-corrected chi connectivity index (χ0v) is 16.6. The van der Waals surface area contributed by atoms with Gasteiger partial charge in [-0.3, -0.25) is 4.79 Å². The highest BCUT2D eigenvalue weighted by atomic mass is 32.2. The first kappa shape index (κ1) is 18.5. The van der Waals surface area contributed by atoms with Crippen molar-refractivity contribution < 1.29 is 9.18 Å². The van der Waals surface area contributed by atoms with E-state index < -0.39 is 0 Å². The van der Waals surface area contributed by atoms with Gasteiger partial charge in [-0.2, -0.15) is 4.98 Å². The second-order valence-corrected chi connectivity index (χ2v) is 7.83. The third-order valence-electron chi connectivity index (χ3n) is 3.82. The van der Waals surface area contributed by atoms with Gasteiger partial charge in [0.05, 0.1) is 11.4 Å². The van der Waals surface area contributed by atoms with Crippen LogP contribution in [0.4, 0.5) is 9.52 Å². The number of anilines is 1. The zero-order valence-electron chi connectivity index (χ0n) is 15.0. The number of fused-ring (bicyclic) bond motifs is 1. The molecule has 7 nitrogen and oxygen atoms in total. The molecule has 0 spiro atoms. The molecule has 28 heavy (non-hydrogen) atoms. The van der Waals surface area contributed by atoms with Crippen molar-refractivity contribution in [2.45, 2.75) is 19.0 Å². The molecule has 0 aliphatic carbocycles. The number of thioether (sulfide) groups is 1. The van der Waals surface area contributed by atoms with Gasteiger partial charge in [-0.25, -0.2) is 18.9 Å². The summed E-state index contributed by atoms with van der Waals surface area (Å²) in [6.07, 6.45) is 0. The number of hydrogen-bond donors (Lipinski definition) is 1. The number of halogens is 1. The van der Waals surface area contributed by atoms with Crippen LogP contribution in [0, 0.1) is 19.7 Å². The molecule has 10 heteroatoms. The summed E-state index contributed by atoms with van der Waals surface area (Å²) in [5.41, 5.74) is 3.28. The summed E-state index contributed by atoms with van der Waals surface area (Å²) in [5.74, 6) is 0.167. The van der Waals surface area contributed by atoms with Gasteiger partial charge in [-0.15, -0.1) is 16.4 Å². The van der Waals surface area contributed by atoms with Crippen molar-refractivity contribution in [3.63, 3.8) is 0 Å². The second kappa shape index (κ2) is 7.64. The lowest BCUT2D eigenvalue weighted by molar-refractivity contribution is -0.113. The molecular formula is C18H15FN6OS2. The Morgan fingerprint density at radius 1 is 1.21 bits per heavy atom. The number of benzene rings is 1. The van der Waals surface area contributed by atoms with Gasteiger partial charge in [0.2, 0.25) is 11.1 Å². The highest BCUT2D eigenvalue weighted by molar-refractivity contribution is 7.99. The molecule has 1 N–H and O–H groups in total. The van der Waals surface area contributed by atoms with E-state index in [0.29, 0.717) is 21.8 Å². The van der Waals surface area contributed by atoms with E-state index in [0.717, 1.165) is 17.0 Å². The van der Waals surface area contributed by atoms with E-state index >= 15 is 0 Å². The molecule has 0 saturated carbocycles. The third kappa shape index (κ3) is 4.02. The van der Waals surface area contributed by atoms with Crippen molar-refractivity contribution in [3.8, 4) is 11.3 Å². The van der Waals surface area contributed by atoms with Gasteiger partial charge in [-0.05, 0) is 44.2 Å². The van der Waals surface area contributed by atoms with Crippen LogP contribution in [-0.4, -0.2) is 36.2 Å². The molecule has 0 fully saturated rings. The zero-order chi connectivity index (χ0) is 19.7. The standard InChI is InChI=1S/C18H15FN6OS2/c1-10-7-11(2)25-16(20-10)23-18(24-25)28-9-15(26)22-17-21-14(8-27-17)12-3-5-13(19)6-4-12/h3-8H,9H2,1-2H3,(H,21,22,26). The Balaban J connectivity index is 1.38. The van der Waals surface area contributed by atoms with E-state index in [1.165, 1.54) is 35.2 Å². The molecule has 0 saturated heterocycles. The van der Waals surface area contributed by atoms with Crippen molar-refractivity contribution in [1.82, 2.24) is 24.6 Å². The Morgan fingerprint density at radius 3 is 2.79 bits per heavy atom. The van der Waals surface area contributed by atoms with E-state index in [2.05, 4.69) is 25.4 Å². The van der Waals surface area contributed by atoms with Gasteiger partial charge in [0.15, 0.2) is 5.13 Å². The Morgan fingerprint density at radius 2 is 2.00 bits per heavy atom. The number of aryl methyl sites for hydroxylation is 2. The van der Waals surface area contributed by atoms with Gasteiger partial charge in [0.25, 0.3) is 5.78 Å². The van der Waals surface area contributed by atoms with E-state index in [-0.39, 0.29) is 17.5 Å². The molecule has 0 bridgehead atoms. The smallest absolute Gasteiger partial charge is 0.253 e. The van der Waals surface area contributed by atoms with E-state index in [1.54, 1.807) is 16.6 Å². The lowest BCUT2D eigenvalue weighted by atomic mass is 10.2. The summed E-state index contributed by atoms with van der Waals surface area (Å²) in [6.45, 7) is 3.83. The number of hydrogen-bond acceptors (Lipinski definition) is 7. The van der Waals surface area contributed by atoms with Gasteiger partial charge < -0.3 is 5.32 Å². The van der Waals surface area contributed by atoms with Crippen molar-refractivity contribution in [2.75, 3.05) is 11.1 Å². The van der Waals surface area contributed by atoms with Crippen LogP contribution in [0.5, 0.6) is 0 Å². The normalized spacial score (nSPS) is 11.1. The summed E-state index contributed by atoms with van der Waals surface area (Å²) < 4.78 is 14.7. The maximum atomic E-state index is 13.0. The molecule has 0 atom stereocenters. The van der Waals surface area contributed by atoms with Gasteiger partial charge in [-0.1, -0.05) is 11.8 Å².